The van der Waals surface area contributed by atoms with Gasteiger partial charge in [0.1, 0.15) is 5.82 Å². The summed E-state index contributed by atoms with van der Waals surface area (Å²) in [7, 11) is 0. The van der Waals surface area contributed by atoms with Crippen molar-refractivity contribution >= 4 is 11.7 Å². The van der Waals surface area contributed by atoms with Gasteiger partial charge >= 0.3 is 0 Å². The highest BCUT2D eigenvalue weighted by Crippen LogP contribution is 2.24. The number of benzene rings is 1. The number of anilines is 1. The number of hydrogen-bond donors (Lipinski definition) is 1. The lowest BCUT2D eigenvalue weighted by Crippen LogP contribution is -2.25. The van der Waals surface area contributed by atoms with E-state index in [1.54, 1.807) is 0 Å². The maximum atomic E-state index is 12.1. The van der Waals surface area contributed by atoms with Crippen molar-refractivity contribution in [2.45, 2.75) is 44.6 Å². The zero-order chi connectivity index (χ0) is 17.1. The van der Waals surface area contributed by atoms with Gasteiger partial charge in [-0.15, -0.1) is 0 Å². The van der Waals surface area contributed by atoms with E-state index in [1.165, 1.54) is 25.7 Å². The number of carbonyl (C=O) groups excluding carboxylic acids is 1. The highest BCUT2D eigenvalue weighted by atomic mass is 16.1. The first kappa shape index (κ1) is 16.1. The van der Waals surface area contributed by atoms with Crippen molar-refractivity contribution in [3.63, 3.8) is 0 Å². The van der Waals surface area contributed by atoms with Crippen LogP contribution in [0.25, 0.3) is 11.1 Å². The van der Waals surface area contributed by atoms with Gasteiger partial charge in [-0.1, -0.05) is 25.0 Å². The third kappa shape index (κ3) is 4.01. The van der Waals surface area contributed by atoms with Crippen LogP contribution in [-0.4, -0.2) is 30.0 Å². The minimum absolute atomic E-state index is 0.0312. The predicted octanol–water partition coefficient (Wildman–Crippen LogP) is 4.02. The molecule has 0 unspecified atom stereocenters. The number of pyridine rings is 1. The quantitative estimate of drug-likeness (QED) is 0.918. The van der Waals surface area contributed by atoms with Gasteiger partial charge in [0.05, 0.1) is 0 Å². The topological polar surface area (TPSA) is 45.2 Å². The summed E-state index contributed by atoms with van der Waals surface area (Å²) < 4.78 is 0. The smallest absolute Gasteiger partial charge is 0.251 e. The van der Waals surface area contributed by atoms with Gasteiger partial charge in [-0.3, -0.25) is 4.79 Å². The molecule has 25 heavy (non-hydrogen) atoms. The maximum absolute atomic E-state index is 12.1. The lowest BCUT2D eigenvalue weighted by molar-refractivity contribution is 0.0951. The summed E-state index contributed by atoms with van der Waals surface area (Å²) >= 11 is 0. The van der Waals surface area contributed by atoms with Crippen molar-refractivity contribution in [2.24, 2.45) is 0 Å². The molecule has 1 saturated carbocycles. The Hall–Kier alpha value is -2.36. The molecule has 1 aromatic carbocycles. The molecular formula is C21H25N3O. The van der Waals surface area contributed by atoms with Gasteiger partial charge in [0.2, 0.25) is 0 Å². The number of aromatic nitrogens is 1. The fourth-order valence-corrected chi connectivity index (χ4v) is 3.35. The molecule has 1 saturated heterocycles. The molecule has 2 aromatic rings. The SMILES string of the molecule is O=C(NC1CC1)c1ccc(-c2ccc(N3CCCCCC3)nc2)cc1. The van der Waals surface area contributed by atoms with Gasteiger partial charge in [0, 0.05) is 36.5 Å². The van der Waals surface area contributed by atoms with Crippen LogP contribution in [0.3, 0.4) is 0 Å². The Morgan fingerprint density at radius 2 is 1.60 bits per heavy atom. The van der Waals surface area contributed by atoms with Gasteiger partial charge in [-0.25, -0.2) is 4.98 Å². The summed E-state index contributed by atoms with van der Waals surface area (Å²) in [6.45, 7) is 2.22. The van der Waals surface area contributed by atoms with Crippen LogP contribution >= 0.6 is 0 Å². The maximum Gasteiger partial charge on any atom is 0.251 e. The second-order valence-electron chi connectivity index (χ2n) is 7.13. The Labute approximate surface area is 149 Å². The lowest BCUT2D eigenvalue weighted by atomic mass is 10.1. The van der Waals surface area contributed by atoms with Crippen molar-refractivity contribution < 1.29 is 4.79 Å². The average Bonchev–Trinajstić information content (AvgIpc) is 3.49. The molecule has 1 amide bonds. The molecule has 0 bridgehead atoms. The largest absolute Gasteiger partial charge is 0.357 e. The van der Waals surface area contributed by atoms with Crippen molar-refractivity contribution in [1.82, 2.24) is 10.3 Å². The van der Waals surface area contributed by atoms with E-state index in [-0.39, 0.29) is 5.91 Å². The first-order chi connectivity index (χ1) is 12.3. The van der Waals surface area contributed by atoms with Gasteiger partial charge in [0.25, 0.3) is 5.91 Å². The van der Waals surface area contributed by atoms with Crippen molar-refractivity contribution in [1.29, 1.82) is 0 Å². The Morgan fingerprint density at radius 3 is 2.20 bits per heavy atom. The van der Waals surface area contributed by atoms with Crippen LogP contribution in [0.2, 0.25) is 0 Å². The molecule has 0 spiro atoms. The molecule has 1 aliphatic carbocycles. The second-order valence-corrected chi connectivity index (χ2v) is 7.13. The van der Waals surface area contributed by atoms with Gasteiger partial charge in [0.15, 0.2) is 0 Å². The highest BCUT2D eigenvalue weighted by molar-refractivity contribution is 5.95. The summed E-state index contributed by atoms with van der Waals surface area (Å²) in [6, 6.07) is 12.4. The monoisotopic (exact) mass is 335 g/mol. The van der Waals surface area contributed by atoms with Crippen LogP contribution in [0.5, 0.6) is 0 Å². The van der Waals surface area contributed by atoms with E-state index in [2.05, 4.69) is 27.3 Å². The molecule has 1 aromatic heterocycles. The highest BCUT2D eigenvalue weighted by Gasteiger charge is 2.23. The standard InChI is InChI=1S/C21H25N3O/c25-21(23-19-10-11-19)17-7-5-16(6-8-17)18-9-12-20(22-15-18)24-13-3-1-2-4-14-24/h5-9,12,15,19H,1-4,10-11,13-14H2,(H,23,25). The molecule has 130 valence electrons. The fourth-order valence-electron chi connectivity index (χ4n) is 3.35. The van der Waals surface area contributed by atoms with E-state index >= 15 is 0 Å². The molecule has 4 rings (SSSR count). The third-order valence-electron chi connectivity index (χ3n) is 5.07. The van der Waals surface area contributed by atoms with Crippen molar-refractivity contribution in [3.05, 3.63) is 48.2 Å². The van der Waals surface area contributed by atoms with Gasteiger partial charge < -0.3 is 10.2 Å². The van der Waals surface area contributed by atoms with Crippen LogP contribution in [0.1, 0.15) is 48.9 Å². The van der Waals surface area contributed by atoms with E-state index in [4.69, 9.17) is 0 Å². The lowest BCUT2D eigenvalue weighted by Gasteiger charge is -2.21. The number of amides is 1. The summed E-state index contributed by atoms with van der Waals surface area (Å²) in [5, 5.41) is 3.02. The van der Waals surface area contributed by atoms with Crippen LogP contribution in [0, 0.1) is 0 Å². The number of rotatable bonds is 4. The zero-order valence-electron chi connectivity index (χ0n) is 14.6. The Kier molecular flexibility index (Phi) is 4.68. The normalized spacial score (nSPS) is 17.8. The number of hydrogen-bond acceptors (Lipinski definition) is 3. The molecule has 0 radical (unpaired) electrons. The molecule has 2 heterocycles. The number of nitrogens with one attached hydrogen (secondary N) is 1. The third-order valence-corrected chi connectivity index (χ3v) is 5.07. The first-order valence-corrected chi connectivity index (χ1v) is 9.42. The molecule has 1 aliphatic heterocycles. The number of nitrogens with zero attached hydrogens (tertiary/aromatic N) is 2. The molecule has 1 N–H and O–H groups in total. The summed E-state index contributed by atoms with van der Waals surface area (Å²) in [5.74, 6) is 1.11. The first-order valence-electron chi connectivity index (χ1n) is 9.42. The minimum Gasteiger partial charge on any atom is -0.357 e. The van der Waals surface area contributed by atoms with E-state index in [0.717, 1.165) is 48.4 Å². The fraction of sp³-hybridized carbons (Fsp3) is 0.429. The van der Waals surface area contributed by atoms with E-state index in [9.17, 15) is 4.79 Å². The Bertz CT molecular complexity index is 712. The van der Waals surface area contributed by atoms with E-state index in [1.807, 2.05) is 30.5 Å². The molecule has 2 fully saturated rings. The van der Waals surface area contributed by atoms with Crippen LogP contribution in [-0.2, 0) is 0 Å². The number of carbonyl (C=O) groups is 1. The van der Waals surface area contributed by atoms with E-state index < -0.39 is 0 Å². The van der Waals surface area contributed by atoms with Gasteiger partial charge in [-0.05, 0) is 55.5 Å². The molecule has 4 nitrogen and oxygen atoms in total. The average molecular weight is 335 g/mol. The Balaban J connectivity index is 1.44. The van der Waals surface area contributed by atoms with Crippen LogP contribution in [0.4, 0.5) is 5.82 Å². The van der Waals surface area contributed by atoms with Crippen LogP contribution in [0.15, 0.2) is 42.6 Å². The predicted molar refractivity (Wildman–Crippen MR) is 101 cm³/mol. The van der Waals surface area contributed by atoms with Crippen molar-refractivity contribution in [2.75, 3.05) is 18.0 Å². The zero-order valence-corrected chi connectivity index (χ0v) is 14.6. The summed E-state index contributed by atoms with van der Waals surface area (Å²) in [5.41, 5.74) is 2.91. The Morgan fingerprint density at radius 1 is 0.920 bits per heavy atom. The molecule has 4 heteroatoms. The minimum atomic E-state index is 0.0312. The second kappa shape index (κ2) is 7.26. The van der Waals surface area contributed by atoms with Crippen LogP contribution < -0.4 is 10.2 Å². The molecule has 0 atom stereocenters. The van der Waals surface area contributed by atoms with E-state index in [0.29, 0.717) is 6.04 Å². The van der Waals surface area contributed by atoms with Gasteiger partial charge in [-0.2, -0.15) is 0 Å². The summed E-state index contributed by atoms with van der Waals surface area (Å²) in [4.78, 5) is 19.1. The molecule has 2 aliphatic rings. The summed E-state index contributed by atoms with van der Waals surface area (Å²) in [6.07, 6.45) is 9.34. The van der Waals surface area contributed by atoms with Crippen molar-refractivity contribution in [3.8, 4) is 11.1 Å². The molecular weight excluding hydrogens is 310 g/mol.